The minimum absolute atomic E-state index is 0.727. The van der Waals surface area contributed by atoms with Gasteiger partial charge in [0.15, 0.2) is 0 Å². The molecule has 2 aromatic rings. The smallest absolute Gasteiger partial charge is 0.119 e. The summed E-state index contributed by atoms with van der Waals surface area (Å²) in [7, 11) is 3.41. The lowest BCUT2D eigenvalue weighted by Gasteiger charge is -2.10. The average Bonchev–Trinajstić information content (AvgIpc) is 2.53. The molecule has 0 aliphatic rings. The van der Waals surface area contributed by atoms with E-state index < -0.39 is 0 Å². The van der Waals surface area contributed by atoms with Crippen LogP contribution in [0.5, 0.6) is 5.75 Å². The number of hydrogen-bond donors (Lipinski definition) is 1. The van der Waals surface area contributed by atoms with Crippen LogP contribution in [-0.4, -0.2) is 27.4 Å². The Morgan fingerprint density at radius 2 is 1.90 bits per heavy atom. The highest BCUT2D eigenvalue weighted by Crippen LogP contribution is 2.32. The summed E-state index contributed by atoms with van der Waals surface area (Å²) in [5.41, 5.74) is 1.29. The van der Waals surface area contributed by atoms with E-state index in [1.54, 1.807) is 26.0 Å². The second kappa shape index (κ2) is 8.72. The molecule has 0 spiro atoms. The summed E-state index contributed by atoms with van der Waals surface area (Å²) in [4.78, 5) is 2.44. The first-order valence-electron chi connectivity index (χ1n) is 6.93. The van der Waals surface area contributed by atoms with Gasteiger partial charge >= 0.3 is 0 Å². The van der Waals surface area contributed by atoms with Gasteiger partial charge in [-0.3, -0.25) is 0 Å². The van der Waals surface area contributed by atoms with Gasteiger partial charge in [-0.25, -0.2) is 0 Å². The number of nitrogens with one attached hydrogen (secondary N) is 1. The quantitative estimate of drug-likeness (QED) is 0.755. The van der Waals surface area contributed by atoms with Gasteiger partial charge in [-0.05, 0) is 29.8 Å². The largest absolute Gasteiger partial charge is 0.497 e. The van der Waals surface area contributed by atoms with E-state index in [-0.39, 0.29) is 0 Å². The molecule has 0 aliphatic heterocycles. The Labute approximate surface area is 130 Å². The molecule has 0 heterocycles. The SMILES string of the molecule is COCCNCc1ccccc1Sc1cccc(OC)c1. The van der Waals surface area contributed by atoms with Crippen molar-refractivity contribution >= 4 is 11.8 Å². The molecule has 0 saturated carbocycles. The molecule has 0 unspecified atom stereocenters. The maximum atomic E-state index is 5.28. The van der Waals surface area contributed by atoms with E-state index in [9.17, 15) is 0 Å². The molecule has 0 aliphatic carbocycles. The Bertz CT molecular complexity index is 560. The van der Waals surface area contributed by atoms with Crippen molar-refractivity contribution in [3.05, 3.63) is 54.1 Å². The zero-order valence-corrected chi connectivity index (χ0v) is 13.3. The number of rotatable bonds is 8. The first-order chi connectivity index (χ1) is 10.3. The first-order valence-corrected chi connectivity index (χ1v) is 7.74. The van der Waals surface area contributed by atoms with Gasteiger partial charge in [0, 0.05) is 30.0 Å². The third-order valence-electron chi connectivity index (χ3n) is 3.04. The molecule has 0 amide bonds. The summed E-state index contributed by atoms with van der Waals surface area (Å²) in [5.74, 6) is 0.885. The normalized spacial score (nSPS) is 10.6. The molecular formula is C17H21NO2S. The van der Waals surface area contributed by atoms with Crippen LogP contribution in [0, 0.1) is 0 Å². The van der Waals surface area contributed by atoms with Crippen molar-refractivity contribution in [3.8, 4) is 5.75 Å². The molecule has 0 atom stereocenters. The van der Waals surface area contributed by atoms with E-state index >= 15 is 0 Å². The molecule has 4 heteroatoms. The van der Waals surface area contributed by atoms with Crippen LogP contribution in [0.1, 0.15) is 5.56 Å². The van der Waals surface area contributed by atoms with Crippen LogP contribution in [0.3, 0.4) is 0 Å². The van der Waals surface area contributed by atoms with Crippen LogP contribution in [0.4, 0.5) is 0 Å². The second-order valence-corrected chi connectivity index (χ2v) is 5.67. The molecule has 0 saturated heterocycles. The van der Waals surface area contributed by atoms with E-state index in [0.29, 0.717) is 0 Å². The third kappa shape index (κ3) is 5.08. The maximum absolute atomic E-state index is 5.28. The van der Waals surface area contributed by atoms with E-state index in [1.807, 2.05) is 12.1 Å². The van der Waals surface area contributed by atoms with Gasteiger partial charge in [0.25, 0.3) is 0 Å². The summed E-state index contributed by atoms with van der Waals surface area (Å²) in [5, 5.41) is 3.39. The van der Waals surface area contributed by atoms with Gasteiger partial charge in [0.05, 0.1) is 13.7 Å². The van der Waals surface area contributed by atoms with Crippen LogP contribution in [0.25, 0.3) is 0 Å². The fourth-order valence-electron chi connectivity index (χ4n) is 1.94. The molecule has 2 aromatic carbocycles. The average molecular weight is 303 g/mol. The summed E-state index contributed by atoms with van der Waals surface area (Å²) in [6.07, 6.45) is 0. The summed E-state index contributed by atoms with van der Waals surface area (Å²) >= 11 is 1.76. The molecule has 3 nitrogen and oxygen atoms in total. The van der Waals surface area contributed by atoms with Gasteiger partial charge in [0.2, 0.25) is 0 Å². The van der Waals surface area contributed by atoms with Crippen molar-refractivity contribution in [3.63, 3.8) is 0 Å². The highest BCUT2D eigenvalue weighted by Gasteiger charge is 2.04. The zero-order valence-electron chi connectivity index (χ0n) is 12.5. The Morgan fingerprint density at radius 3 is 2.71 bits per heavy atom. The van der Waals surface area contributed by atoms with Crippen molar-refractivity contribution in [1.82, 2.24) is 5.32 Å². The van der Waals surface area contributed by atoms with Crippen molar-refractivity contribution in [2.45, 2.75) is 16.3 Å². The van der Waals surface area contributed by atoms with Crippen LogP contribution >= 0.6 is 11.8 Å². The third-order valence-corrected chi connectivity index (χ3v) is 4.15. The monoisotopic (exact) mass is 303 g/mol. The Kier molecular flexibility index (Phi) is 6.60. The Morgan fingerprint density at radius 1 is 1.05 bits per heavy atom. The van der Waals surface area contributed by atoms with Crippen molar-refractivity contribution in [1.29, 1.82) is 0 Å². The first kappa shape index (κ1) is 15.9. The lowest BCUT2D eigenvalue weighted by molar-refractivity contribution is 0.199. The molecule has 21 heavy (non-hydrogen) atoms. The number of hydrogen-bond acceptors (Lipinski definition) is 4. The van der Waals surface area contributed by atoms with Gasteiger partial charge in [-0.1, -0.05) is 36.0 Å². The molecular weight excluding hydrogens is 282 g/mol. The molecule has 0 fully saturated rings. The number of benzene rings is 2. The summed E-state index contributed by atoms with van der Waals surface area (Å²) < 4.78 is 10.3. The predicted molar refractivity (Wildman–Crippen MR) is 87.1 cm³/mol. The van der Waals surface area contributed by atoms with E-state index in [4.69, 9.17) is 9.47 Å². The van der Waals surface area contributed by atoms with Gasteiger partial charge in [-0.2, -0.15) is 0 Å². The van der Waals surface area contributed by atoms with Crippen LogP contribution < -0.4 is 10.1 Å². The Balaban J connectivity index is 2.05. The van der Waals surface area contributed by atoms with Crippen LogP contribution in [0.15, 0.2) is 58.3 Å². The summed E-state index contributed by atoms with van der Waals surface area (Å²) in [6.45, 7) is 2.43. The molecule has 0 radical (unpaired) electrons. The van der Waals surface area contributed by atoms with Crippen LogP contribution in [0.2, 0.25) is 0 Å². The van der Waals surface area contributed by atoms with Gasteiger partial charge in [0.1, 0.15) is 5.75 Å². The van der Waals surface area contributed by atoms with Crippen LogP contribution in [-0.2, 0) is 11.3 Å². The fraction of sp³-hybridized carbons (Fsp3) is 0.294. The minimum atomic E-state index is 0.727. The number of methoxy groups -OCH3 is 2. The Hall–Kier alpha value is -1.49. The minimum Gasteiger partial charge on any atom is -0.497 e. The highest BCUT2D eigenvalue weighted by molar-refractivity contribution is 7.99. The summed E-state index contributed by atoms with van der Waals surface area (Å²) in [6, 6.07) is 16.6. The topological polar surface area (TPSA) is 30.5 Å². The lowest BCUT2D eigenvalue weighted by Crippen LogP contribution is -2.18. The molecule has 1 N–H and O–H groups in total. The fourth-order valence-corrected chi connectivity index (χ4v) is 2.93. The number of ether oxygens (including phenoxy) is 2. The van der Waals surface area contributed by atoms with Crippen molar-refractivity contribution in [2.75, 3.05) is 27.4 Å². The maximum Gasteiger partial charge on any atom is 0.119 e. The molecule has 0 aromatic heterocycles. The van der Waals surface area contributed by atoms with E-state index in [1.165, 1.54) is 15.4 Å². The van der Waals surface area contributed by atoms with Gasteiger partial charge < -0.3 is 14.8 Å². The molecule has 112 valence electrons. The lowest BCUT2D eigenvalue weighted by atomic mass is 10.2. The van der Waals surface area contributed by atoms with E-state index in [0.717, 1.165) is 25.4 Å². The predicted octanol–water partition coefficient (Wildman–Crippen LogP) is 3.58. The molecule has 0 bridgehead atoms. The van der Waals surface area contributed by atoms with Crippen molar-refractivity contribution < 1.29 is 9.47 Å². The van der Waals surface area contributed by atoms with E-state index in [2.05, 4.69) is 41.7 Å². The zero-order chi connectivity index (χ0) is 14.9. The standard InChI is InChI=1S/C17H21NO2S/c1-19-11-10-18-13-14-6-3-4-9-17(14)21-16-8-5-7-15(12-16)20-2/h3-9,12,18H,10-11,13H2,1-2H3. The highest BCUT2D eigenvalue weighted by atomic mass is 32.2. The van der Waals surface area contributed by atoms with Crippen molar-refractivity contribution in [2.24, 2.45) is 0 Å². The molecule has 2 rings (SSSR count). The van der Waals surface area contributed by atoms with Gasteiger partial charge in [-0.15, -0.1) is 0 Å². The second-order valence-electron chi connectivity index (χ2n) is 4.56.